The SMILES string of the molecule is CC(C)N(CCC(N)=S)C(=O)c1ccc(Cl)cc1Cl. The average Bonchev–Trinajstić information content (AvgIpc) is 2.27. The highest BCUT2D eigenvalue weighted by Crippen LogP contribution is 2.23. The van der Waals surface area contributed by atoms with Gasteiger partial charge < -0.3 is 10.6 Å². The molecule has 0 aliphatic rings. The molecule has 104 valence electrons. The zero-order valence-electron chi connectivity index (χ0n) is 10.8. The summed E-state index contributed by atoms with van der Waals surface area (Å²) in [5.41, 5.74) is 5.91. The van der Waals surface area contributed by atoms with Crippen molar-refractivity contribution in [3.63, 3.8) is 0 Å². The van der Waals surface area contributed by atoms with Gasteiger partial charge in [0.2, 0.25) is 0 Å². The molecule has 0 spiro atoms. The predicted octanol–water partition coefficient (Wildman–Crippen LogP) is 3.52. The smallest absolute Gasteiger partial charge is 0.255 e. The van der Waals surface area contributed by atoms with Crippen LogP contribution in [0.25, 0.3) is 0 Å². The van der Waals surface area contributed by atoms with Crippen molar-refractivity contribution < 1.29 is 4.79 Å². The van der Waals surface area contributed by atoms with Gasteiger partial charge in [-0.25, -0.2) is 0 Å². The molecular weight excluding hydrogens is 303 g/mol. The minimum Gasteiger partial charge on any atom is -0.393 e. The van der Waals surface area contributed by atoms with E-state index in [1.54, 1.807) is 23.1 Å². The summed E-state index contributed by atoms with van der Waals surface area (Å²) < 4.78 is 0. The van der Waals surface area contributed by atoms with Gasteiger partial charge in [-0.05, 0) is 32.0 Å². The lowest BCUT2D eigenvalue weighted by Crippen LogP contribution is -2.39. The summed E-state index contributed by atoms with van der Waals surface area (Å²) in [6.07, 6.45) is 0.491. The molecule has 0 heterocycles. The van der Waals surface area contributed by atoms with Crippen LogP contribution in [0.2, 0.25) is 10.0 Å². The normalized spacial score (nSPS) is 10.6. The molecule has 0 radical (unpaired) electrons. The molecule has 0 bridgehead atoms. The van der Waals surface area contributed by atoms with E-state index in [1.807, 2.05) is 13.8 Å². The maximum atomic E-state index is 12.4. The van der Waals surface area contributed by atoms with E-state index < -0.39 is 0 Å². The number of thiocarbonyl (C=S) groups is 1. The van der Waals surface area contributed by atoms with Gasteiger partial charge in [0.05, 0.1) is 15.6 Å². The lowest BCUT2D eigenvalue weighted by atomic mass is 10.1. The number of amides is 1. The van der Waals surface area contributed by atoms with Crippen LogP contribution in [-0.4, -0.2) is 28.4 Å². The second-order valence-electron chi connectivity index (χ2n) is 4.43. The summed E-state index contributed by atoms with van der Waals surface area (Å²) in [4.78, 5) is 14.5. The molecule has 0 aromatic heterocycles. The standard InChI is InChI=1S/C13H16Cl2N2OS/c1-8(2)17(6-5-12(16)19)13(18)10-4-3-9(14)7-11(10)15/h3-4,7-8H,5-6H2,1-2H3,(H2,16,19). The van der Waals surface area contributed by atoms with Gasteiger partial charge in [0.1, 0.15) is 0 Å². The Bertz CT molecular complexity index is 492. The Kier molecular flexibility index (Phi) is 6.04. The number of rotatable bonds is 5. The lowest BCUT2D eigenvalue weighted by molar-refractivity contribution is 0.0712. The molecule has 0 fully saturated rings. The van der Waals surface area contributed by atoms with E-state index in [-0.39, 0.29) is 11.9 Å². The van der Waals surface area contributed by atoms with Gasteiger partial charge in [0, 0.05) is 24.0 Å². The van der Waals surface area contributed by atoms with E-state index in [0.29, 0.717) is 33.6 Å². The van der Waals surface area contributed by atoms with Crippen LogP contribution in [0, 0.1) is 0 Å². The van der Waals surface area contributed by atoms with Crippen molar-refractivity contribution in [1.29, 1.82) is 0 Å². The zero-order chi connectivity index (χ0) is 14.6. The molecular formula is C13H16Cl2N2OS. The Balaban J connectivity index is 2.95. The second kappa shape index (κ2) is 7.08. The van der Waals surface area contributed by atoms with Crippen molar-refractivity contribution >= 4 is 46.3 Å². The Labute approximate surface area is 128 Å². The van der Waals surface area contributed by atoms with E-state index in [9.17, 15) is 4.79 Å². The summed E-state index contributed by atoms with van der Waals surface area (Å²) in [6.45, 7) is 4.34. The third-order valence-electron chi connectivity index (χ3n) is 2.64. The summed E-state index contributed by atoms with van der Waals surface area (Å²) in [6, 6.07) is 4.87. The maximum absolute atomic E-state index is 12.4. The minimum absolute atomic E-state index is 0.0357. The molecule has 0 atom stereocenters. The molecule has 6 heteroatoms. The minimum atomic E-state index is -0.145. The molecule has 3 nitrogen and oxygen atoms in total. The highest BCUT2D eigenvalue weighted by atomic mass is 35.5. The summed E-state index contributed by atoms with van der Waals surface area (Å²) >= 11 is 16.7. The molecule has 19 heavy (non-hydrogen) atoms. The third-order valence-corrected chi connectivity index (χ3v) is 3.40. The van der Waals surface area contributed by atoms with Crippen LogP contribution >= 0.6 is 35.4 Å². The first-order valence-electron chi connectivity index (χ1n) is 5.87. The van der Waals surface area contributed by atoms with Gasteiger partial charge in [-0.1, -0.05) is 35.4 Å². The molecule has 1 rings (SSSR count). The van der Waals surface area contributed by atoms with Crippen molar-refractivity contribution in [2.24, 2.45) is 5.73 Å². The first kappa shape index (κ1) is 16.2. The monoisotopic (exact) mass is 318 g/mol. The summed E-state index contributed by atoms with van der Waals surface area (Å²) in [7, 11) is 0. The number of halogens is 2. The Morgan fingerprint density at radius 1 is 1.42 bits per heavy atom. The molecule has 0 aliphatic heterocycles. The highest BCUT2D eigenvalue weighted by molar-refractivity contribution is 7.80. The van der Waals surface area contributed by atoms with Crippen molar-refractivity contribution in [2.45, 2.75) is 26.3 Å². The molecule has 0 unspecified atom stereocenters. The highest BCUT2D eigenvalue weighted by Gasteiger charge is 2.20. The van der Waals surface area contributed by atoms with E-state index in [4.69, 9.17) is 41.2 Å². The molecule has 2 N–H and O–H groups in total. The Morgan fingerprint density at radius 2 is 2.05 bits per heavy atom. The molecule has 0 saturated heterocycles. The van der Waals surface area contributed by atoms with Crippen molar-refractivity contribution in [3.8, 4) is 0 Å². The lowest BCUT2D eigenvalue weighted by Gasteiger charge is -2.27. The van der Waals surface area contributed by atoms with Gasteiger partial charge in [-0.2, -0.15) is 0 Å². The van der Waals surface area contributed by atoms with Gasteiger partial charge in [0.25, 0.3) is 5.91 Å². The topological polar surface area (TPSA) is 46.3 Å². The van der Waals surface area contributed by atoms with E-state index in [2.05, 4.69) is 0 Å². The van der Waals surface area contributed by atoms with Crippen LogP contribution in [0.5, 0.6) is 0 Å². The van der Waals surface area contributed by atoms with E-state index in [1.165, 1.54) is 0 Å². The zero-order valence-corrected chi connectivity index (χ0v) is 13.1. The quantitative estimate of drug-likeness (QED) is 0.845. The fourth-order valence-electron chi connectivity index (χ4n) is 1.64. The number of benzene rings is 1. The van der Waals surface area contributed by atoms with Gasteiger partial charge in [-0.15, -0.1) is 0 Å². The van der Waals surface area contributed by atoms with E-state index >= 15 is 0 Å². The second-order valence-corrected chi connectivity index (χ2v) is 5.80. The number of carbonyl (C=O) groups excluding carboxylic acids is 1. The van der Waals surface area contributed by atoms with Crippen LogP contribution in [0.4, 0.5) is 0 Å². The largest absolute Gasteiger partial charge is 0.393 e. The molecule has 1 amide bonds. The summed E-state index contributed by atoms with van der Waals surface area (Å²) in [5.74, 6) is -0.145. The van der Waals surface area contributed by atoms with Crippen LogP contribution < -0.4 is 5.73 Å². The molecule has 1 aromatic carbocycles. The van der Waals surface area contributed by atoms with E-state index in [0.717, 1.165) is 0 Å². The van der Waals surface area contributed by atoms with Crippen molar-refractivity contribution in [3.05, 3.63) is 33.8 Å². The number of hydrogen-bond donors (Lipinski definition) is 1. The first-order chi connectivity index (χ1) is 8.82. The van der Waals surface area contributed by atoms with Crippen LogP contribution in [0.1, 0.15) is 30.6 Å². The van der Waals surface area contributed by atoms with Gasteiger partial charge in [0.15, 0.2) is 0 Å². The van der Waals surface area contributed by atoms with Crippen LogP contribution in [-0.2, 0) is 0 Å². The third kappa shape index (κ3) is 4.64. The van der Waals surface area contributed by atoms with Crippen molar-refractivity contribution in [2.75, 3.05) is 6.54 Å². The first-order valence-corrected chi connectivity index (χ1v) is 7.03. The number of nitrogens with zero attached hydrogens (tertiary/aromatic N) is 1. The van der Waals surface area contributed by atoms with Crippen LogP contribution in [0.15, 0.2) is 18.2 Å². The summed E-state index contributed by atoms with van der Waals surface area (Å²) in [5, 5.41) is 0.847. The fraction of sp³-hybridized carbons (Fsp3) is 0.385. The number of hydrogen-bond acceptors (Lipinski definition) is 2. The molecule has 0 saturated carbocycles. The van der Waals surface area contributed by atoms with Gasteiger partial charge in [-0.3, -0.25) is 4.79 Å². The maximum Gasteiger partial charge on any atom is 0.255 e. The molecule has 1 aromatic rings. The molecule has 0 aliphatic carbocycles. The Hall–Kier alpha value is -0.840. The predicted molar refractivity (Wildman–Crippen MR) is 84.0 cm³/mol. The fourth-order valence-corrected chi connectivity index (χ4v) is 2.22. The average molecular weight is 319 g/mol. The van der Waals surface area contributed by atoms with Crippen LogP contribution in [0.3, 0.4) is 0 Å². The number of carbonyl (C=O) groups is 1. The van der Waals surface area contributed by atoms with Gasteiger partial charge >= 0.3 is 0 Å². The van der Waals surface area contributed by atoms with Crippen molar-refractivity contribution in [1.82, 2.24) is 4.90 Å². The Morgan fingerprint density at radius 3 is 2.53 bits per heavy atom. The number of nitrogens with two attached hydrogens (primary N) is 1.